The van der Waals surface area contributed by atoms with E-state index in [-0.39, 0.29) is 5.91 Å². The van der Waals surface area contributed by atoms with E-state index in [1.165, 1.54) is 5.56 Å². The van der Waals surface area contributed by atoms with Crippen LogP contribution < -0.4 is 5.32 Å². The molecule has 1 N–H and O–H groups in total. The second kappa shape index (κ2) is 9.51. The fourth-order valence-electron chi connectivity index (χ4n) is 3.45. The lowest BCUT2D eigenvalue weighted by molar-refractivity contribution is 0.0384. The second-order valence-electron chi connectivity index (χ2n) is 7.27. The minimum absolute atomic E-state index is 0.269. The van der Waals surface area contributed by atoms with Crippen LogP contribution >= 0.6 is 15.9 Å². The lowest BCUT2D eigenvalue weighted by Gasteiger charge is -2.26. The highest BCUT2D eigenvalue weighted by Crippen LogP contribution is 2.18. The van der Waals surface area contributed by atoms with Crippen molar-refractivity contribution in [3.63, 3.8) is 0 Å². The molecule has 2 aromatic carbocycles. The zero-order valence-corrected chi connectivity index (χ0v) is 18.4. The number of nitrogens with one attached hydrogen (secondary N) is 1. The summed E-state index contributed by atoms with van der Waals surface area (Å²) in [4.78, 5) is 15.1. The Kier molecular flexibility index (Phi) is 6.56. The van der Waals surface area contributed by atoms with Gasteiger partial charge in [0.05, 0.1) is 24.6 Å². The molecule has 1 amide bonds. The summed E-state index contributed by atoms with van der Waals surface area (Å²) < 4.78 is 7.99. The summed E-state index contributed by atoms with van der Waals surface area (Å²) in [5, 5.41) is 11.1. The van der Waals surface area contributed by atoms with Crippen LogP contribution in [0.3, 0.4) is 0 Å². The number of anilines is 1. The second-order valence-corrected chi connectivity index (χ2v) is 8.19. The van der Waals surface area contributed by atoms with Crippen molar-refractivity contribution in [1.29, 1.82) is 0 Å². The van der Waals surface area contributed by atoms with Crippen molar-refractivity contribution in [2.45, 2.75) is 13.3 Å². The molecule has 1 saturated heterocycles. The summed E-state index contributed by atoms with van der Waals surface area (Å²) in [5.74, 6) is -0.269. The molecule has 30 heavy (non-hydrogen) atoms. The number of nitrogens with zero attached hydrogens (tertiary/aromatic N) is 4. The summed E-state index contributed by atoms with van der Waals surface area (Å²) >= 11 is 3.45. The van der Waals surface area contributed by atoms with Gasteiger partial charge in [0.1, 0.15) is 0 Å². The Morgan fingerprint density at radius 1 is 1.17 bits per heavy atom. The lowest BCUT2D eigenvalue weighted by Crippen LogP contribution is -2.37. The Hall–Kier alpha value is -2.55. The topological polar surface area (TPSA) is 72.3 Å². The van der Waals surface area contributed by atoms with Crippen LogP contribution in [0.15, 0.2) is 53.0 Å². The van der Waals surface area contributed by atoms with E-state index in [1.807, 2.05) is 43.3 Å². The average molecular weight is 470 g/mol. The molecule has 1 aliphatic rings. The zero-order valence-electron chi connectivity index (χ0n) is 16.8. The van der Waals surface area contributed by atoms with Crippen LogP contribution in [0.1, 0.15) is 21.7 Å². The van der Waals surface area contributed by atoms with Gasteiger partial charge in [-0.1, -0.05) is 39.3 Å². The maximum Gasteiger partial charge on any atom is 0.278 e. The molecule has 7 nitrogen and oxygen atoms in total. The fourth-order valence-corrected chi connectivity index (χ4v) is 3.84. The van der Waals surface area contributed by atoms with Gasteiger partial charge in [-0.2, -0.15) is 0 Å². The molecule has 1 aromatic heterocycles. The van der Waals surface area contributed by atoms with Crippen LogP contribution in [0.5, 0.6) is 0 Å². The molecule has 4 rings (SSSR count). The first kappa shape index (κ1) is 20.7. The number of hydrogen-bond acceptors (Lipinski definition) is 5. The molecular weight excluding hydrogens is 446 g/mol. The van der Waals surface area contributed by atoms with Crippen molar-refractivity contribution in [3.8, 4) is 5.69 Å². The summed E-state index contributed by atoms with van der Waals surface area (Å²) in [5.41, 5.74) is 3.83. The van der Waals surface area contributed by atoms with Crippen LogP contribution in [-0.4, -0.2) is 58.6 Å². The SMILES string of the molecule is Cc1c(C(=O)Nc2ccc(CCN3CCOCC3)cc2)nnn1-c1cccc(Br)c1. The Morgan fingerprint density at radius 2 is 1.93 bits per heavy atom. The molecular formula is C22H24BrN5O2. The molecule has 0 atom stereocenters. The average Bonchev–Trinajstić information content (AvgIpc) is 3.15. The highest BCUT2D eigenvalue weighted by atomic mass is 79.9. The standard InChI is InChI=1S/C22H24BrN5O2/c1-16-21(25-26-28(16)20-4-2-3-18(23)15-20)22(29)24-19-7-5-17(6-8-19)9-10-27-11-13-30-14-12-27/h2-8,15H,9-14H2,1H3,(H,24,29). The molecule has 0 aliphatic carbocycles. The predicted octanol–water partition coefficient (Wildman–Crippen LogP) is 3.47. The summed E-state index contributed by atoms with van der Waals surface area (Å²) in [6.07, 6.45) is 0.980. The molecule has 1 aliphatic heterocycles. The maximum atomic E-state index is 12.7. The van der Waals surface area contributed by atoms with Crippen molar-refractivity contribution < 1.29 is 9.53 Å². The number of amides is 1. The third-order valence-corrected chi connectivity index (χ3v) is 5.69. The van der Waals surface area contributed by atoms with E-state index in [0.717, 1.165) is 55.1 Å². The Labute approximate surface area is 184 Å². The first-order valence-corrected chi connectivity index (χ1v) is 10.8. The Balaban J connectivity index is 1.38. The summed E-state index contributed by atoms with van der Waals surface area (Å²) in [6.45, 7) is 6.48. The molecule has 2 heterocycles. The summed E-state index contributed by atoms with van der Waals surface area (Å²) in [6, 6.07) is 15.7. The van der Waals surface area contributed by atoms with Crippen molar-refractivity contribution in [2.24, 2.45) is 0 Å². The third kappa shape index (κ3) is 4.95. The molecule has 3 aromatic rings. The predicted molar refractivity (Wildman–Crippen MR) is 119 cm³/mol. The normalized spacial score (nSPS) is 14.6. The number of benzene rings is 2. The molecule has 0 spiro atoms. The smallest absolute Gasteiger partial charge is 0.278 e. The number of hydrogen-bond donors (Lipinski definition) is 1. The van der Waals surface area contributed by atoms with Crippen LogP contribution in [0.25, 0.3) is 5.69 Å². The van der Waals surface area contributed by atoms with Crippen LogP contribution in [0.2, 0.25) is 0 Å². The molecule has 156 valence electrons. The van der Waals surface area contributed by atoms with Gasteiger partial charge in [-0.15, -0.1) is 5.10 Å². The van der Waals surface area contributed by atoms with E-state index in [4.69, 9.17) is 4.74 Å². The number of aromatic nitrogens is 3. The third-order valence-electron chi connectivity index (χ3n) is 5.19. The van der Waals surface area contributed by atoms with Crippen LogP contribution in [-0.2, 0) is 11.2 Å². The minimum Gasteiger partial charge on any atom is -0.379 e. The van der Waals surface area contributed by atoms with Gasteiger partial charge in [0, 0.05) is 29.8 Å². The van der Waals surface area contributed by atoms with Gasteiger partial charge in [0.2, 0.25) is 0 Å². The summed E-state index contributed by atoms with van der Waals surface area (Å²) in [7, 11) is 0. The molecule has 0 radical (unpaired) electrons. The lowest BCUT2D eigenvalue weighted by atomic mass is 10.1. The van der Waals surface area contributed by atoms with Gasteiger partial charge in [-0.3, -0.25) is 9.69 Å². The van der Waals surface area contributed by atoms with Gasteiger partial charge in [-0.25, -0.2) is 4.68 Å². The van der Waals surface area contributed by atoms with Gasteiger partial charge in [0.15, 0.2) is 5.69 Å². The fraction of sp³-hybridized carbons (Fsp3) is 0.318. The number of carbonyl (C=O) groups is 1. The number of ether oxygens (including phenoxy) is 1. The molecule has 0 saturated carbocycles. The number of halogens is 1. The first-order chi connectivity index (χ1) is 14.6. The number of morpholine rings is 1. The van der Waals surface area contributed by atoms with Crippen molar-refractivity contribution in [3.05, 3.63) is 70.0 Å². The molecule has 1 fully saturated rings. The van der Waals surface area contributed by atoms with Crippen LogP contribution in [0.4, 0.5) is 5.69 Å². The molecule has 0 unspecified atom stereocenters. The van der Waals surface area contributed by atoms with Gasteiger partial charge < -0.3 is 10.1 Å². The van der Waals surface area contributed by atoms with E-state index in [1.54, 1.807) is 4.68 Å². The Bertz CT molecular complexity index is 1010. The highest BCUT2D eigenvalue weighted by molar-refractivity contribution is 9.10. The number of rotatable bonds is 6. The van der Waals surface area contributed by atoms with Gasteiger partial charge in [-0.05, 0) is 49.2 Å². The Morgan fingerprint density at radius 3 is 2.67 bits per heavy atom. The van der Waals surface area contributed by atoms with Crippen LogP contribution in [0, 0.1) is 6.92 Å². The zero-order chi connectivity index (χ0) is 20.9. The molecule has 8 heteroatoms. The van der Waals surface area contributed by atoms with E-state index in [2.05, 4.69) is 48.6 Å². The van der Waals surface area contributed by atoms with E-state index in [0.29, 0.717) is 11.4 Å². The van der Waals surface area contributed by atoms with Crippen molar-refractivity contribution in [2.75, 3.05) is 38.2 Å². The van der Waals surface area contributed by atoms with E-state index in [9.17, 15) is 4.79 Å². The van der Waals surface area contributed by atoms with Gasteiger partial charge in [0.25, 0.3) is 5.91 Å². The highest BCUT2D eigenvalue weighted by Gasteiger charge is 2.18. The van der Waals surface area contributed by atoms with Crippen molar-refractivity contribution >= 4 is 27.5 Å². The maximum absolute atomic E-state index is 12.7. The van der Waals surface area contributed by atoms with E-state index >= 15 is 0 Å². The van der Waals surface area contributed by atoms with Gasteiger partial charge >= 0.3 is 0 Å². The number of carbonyl (C=O) groups excluding carboxylic acids is 1. The monoisotopic (exact) mass is 469 g/mol. The van der Waals surface area contributed by atoms with Crippen molar-refractivity contribution in [1.82, 2.24) is 19.9 Å². The minimum atomic E-state index is -0.269. The first-order valence-electron chi connectivity index (χ1n) is 9.99. The quantitative estimate of drug-likeness (QED) is 0.598. The largest absolute Gasteiger partial charge is 0.379 e. The van der Waals surface area contributed by atoms with E-state index < -0.39 is 0 Å². The molecule has 0 bridgehead atoms.